The van der Waals surface area contributed by atoms with Gasteiger partial charge in [0.05, 0.1) is 6.04 Å². The zero-order valence-electron chi connectivity index (χ0n) is 12.0. The fourth-order valence-corrected chi connectivity index (χ4v) is 2.64. The molecule has 1 fully saturated rings. The summed E-state index contributed by atoms with van der Waals surface area (Å²) >= 11 is 0. The Morgan fingerprint density at radius 1 is 1.39 bits per heavy atom. The van der Waals surface area contributed by atoms with Crippen LogP contribution < -0.4 is 5.32 Å². The van der Waals surface area contributed by atoms with Crippen LogP contribution in [0.3, 0.4) is 0 Å². The van der Waals surface area contributed by atoms with Gasteiger partial charge in [-0.25, -0.2) is 0 Å². The summed E-state index contributed by atoms with van der Waals surface area (Å²) in [6.45, 7) is 5.58. The van der Waals surface area contributed by atoms with Crippen LogP contribution in [-0.4, -0.2) is 48.7 Å². The van der Waals surface area contributed by atoms with Gasteiger partial charge in [0, 0.05) is 32.2 Å². The number of likely N-dealkylation sites (N-methyl/N-ethyl adjacent to an activating group) is 1. The summed E-state index contributed by atoms with van der Waals surface area (Å²) in [6.07, 6.45) is 5.80. The van der Waals surface area contributed by atoms with Gasteiger partial charge in [-0.2, -0.15) is 0 Å². The third-order valence-corrected chi connectivity index (χ3v) is 4.25. The summed E-state index contributed by atoms with van der Waals surface area (Å²) in [5.74, 6) is 0.126. The molecule has 0 aromatic heterocycles. The van der Waals surface area contributed by atoms with Crippen molar-refractivity contribution in [1.82, 2.24) is 10.2 Å². The van der Waals surface area contributed by atoms with Gasteiger partial charge in [-0.05, 0) is 26.7 Å². The topological polar surface area (TPSA) is 52.6 Å². The zero-order chi connectivity index (χ0) is 13.6. The monoisotopic (exact) mass is 256 g/mol. The molecule has 0 heterocycles. The summed E-state index contributed by atoms with van der Waals surface area (Å²) in [5, 5.41) is 12.9. The van der Waals surface area contributed by atoms with Crippen LogP contribution in [0.25, 0.3) is 0 Å². The molecule has 1 saturated carbocycles. The second kappa shape index (κ2) is 7.10. The number of hydrogen-bond acceptors (Lipinski definition) is 3. The molecule has 0 spiro atoms. The number of rotatable bonds is 6. The minimum Gasteiger partial charge on any atom is -0.396 e. The van der Waals surface area contributed by atoms with Gasteiger partial charge in [0.15, 0.2) is 0 Å². The molecule has 4 nitrogen and oxygen atoms in total. The van der Waals surface area contributed by atoms with E-state index in [1.807, 2.05) is 20.9 Å². The lowest BCUT2D eigenvalue weighted by molar-refractivity contribution is -0.131. The Hall–Kier alpha value is -0.610. The molecule has 106 valence electrons. The van der Waals surface area contributed by atoms with Crippen molar-refractivity contribution in [1.29, 1.82) is 0 Å². The SMILES string of the molecule is CCN(C)C(=O)C(C)NCC1(CO)CCCCC1. The standard InChI is InChI=1S/C14H28N2O2/c1-4-16(3)13(18)12(2)15-10-14(11-17)8-6-5-7-9-14/h12,15,17H,4-11H2,1-3H3. The van der Waals surface area contributed by atoms with Crippen LogP contribution in [0.4, 0.5) is 0 Å². The van der Waals surface area contributed by atoms with E-state index in [0.29, 0.717) is 0 Å². The molecule has 1 amide bonds. The van der Waals surface area contributed by atoms with Crippen LogP contribution in [0.2, 0.25) is 0 Å². The Morgan fingerprint density at radius 2 is 2.00 bits per heavy atom. The van der Waals surface area contributed by atoms with E-state index in [4.69, 9.17) is 0 Å². The largest absolute Gasteiger partial charge is 0.396 e. The number of hydrogen-bond donors (Lipinski definition) is 2. The van der Waals surface area contributed by atoms with Crippen molar-refractivity contribution in [2.75, 3.05) is 26.7 Å². The molecule has 0 saturated heterocycles. The maximum Gasteiger partial charge on any atom is 0.239 e. The van der Waals surface area contributed by atoms with Crippen LogP contribution in [0.1, 0.15) is 46.0 Å². The zero-order valence-corrected chi connectivity index (χ0v) is 12.0. The maximum atomic E-state index is 11.9. The molecule has 0 aromatic rings. The molecular weight excluding hydrogens is 228 g/mol. The van der Waals surface area contributed by atoms with E-state index in [0.717, 1.165) is 25.9 Å². The Labute approximate surface area is 111 Å². The first-order valence-electron chi connectivity index (χ1n) is 7.14. The molecule has 1 rings (SSSR count). The normalized spacial score (nSPS) is 20.4. The van der Waals surface area contributed by atoms with E-state index in [9.17, 15) is 9.90 Å². The van der Waals surface area contributed by atoms with Crippen LogP contribution in [-0.2, 0) is 4.79 Å². The molecule has 1 aliphatic rings. The first-order chi connectivity index (χ1) is 8.54. The third kappa shape index (κ3) is 3.95. The minimum atomic E-state index is -0.166. The molecule has 1 atom stereocenters. The lowest BCUT2D eigenvalue weighted by atomic mass is 9.74. The van der Waals surface area contributed by atoms with E-state index in [-0.39, 0.29) is 24.0 Å². The number of nitrogens with one attached hydrogen (secondary N) is 1. The molecule has 1 unspecified atom stereocenters. The van der Waals surface area contributed by atoms with Gasteiger partial charge in [0.2, 0.25) is 5.91 Å². The second-order valence-electron chi connectivity index (χ2n) is 5.67. The maximum absolute atomic E-state index is 11.9. The van der Waals surface area contributed by atoms with Crippen molar-refractivity contribution in [3.8, 4) is 0 Å². The smallest absolute Gasteiger partial charge is 0.239 e. The van der Waals surface area contributed by atoms with Crippen LogP contribution in [0, 0.1) is 5.41 Å². The predicted octanol–water partition coefficient (Wildman–Crippen LogP) is 1.39. The lowest BCUT2D eigenvalue weighted by Gasteiger charge is -2.36. The quantitative estimate of drug-likeness (QED) is 0.755. The summed E-state index contributed by atoms with van der Waals surface area (Å²) in [5.41, 5.74) is -0.00240. The fourth-order valence-electron chi connectivity index (χ4n) is 2.64. The van der Waals surface area contributed by atoms with Gasteiger partial charge in [-0.3, -0.25) is 4.79 Å². The first-order valence-corrected chi connectivity index (χ1v) is 7.14. The Balaban J connectivity index is 2.44. The molecule has 18 heavy (non-hydrogen) atoms. The van der Waals surface area contributed by atoms with Gasteiger partial charge in [-0.1, -0.05) is 19.3 Å². The van der Waals surface area contributed by atoms with Crippen molar-refractivity contribution in [3.05, 3.63) is 0 Å². The van der Waals surface area contributed by atoms with Gasteiger partial charge < -0.3 is 15.3 Å². The van der Waals surface area contributed by atoms with Crippen LogP contribution in [0.15, 0.2) is 0 Å². The molecule has 2 N–H and O–H groups in total. The minimum absolute atomic E-state index is 0.00240. The van der Waals surface area contributed by atoms with Gasteiger partial charge >= 0.3 is 0 Å². The highest BCUT2D eigenvalue weighted by Crippen LogP contribution is 2.35. The van der Waals surface area contributed by atoms with Crippen LogP contribution in [0.5, 0.6) is 0 Å². The van der Waals surface area contributed by atoms with Crippen LogP contribution >= 0.6 is 0 Å². The van der Waals surface area contributed by atoms with Gasteiger partial charge in [0.1, 0.15) is 0 Å². The molecule has 0 aliphatic heterocycles. The Morgan fingerprint density at radius 3 is 2.50 bits per heavy atom. The summed E-state index contributed by atoms with van der Waals surface area (Å²) in [6, 6.07) is -0.166. The van der Waals surface area contributed by atoms with Crippen molar-refractivity contribution in [3.63, 3.8) is 0 Å². The Bertz CT molecular complexity index is 263. The van der Waals surface area contributed by atoms with Crippen molar-refractivity contribution < 1.29 is 9.90 Å². The van der Waals surface area contributed by atoms with E-state index in [1.54, 1.807) is 4.90 Å². The molecule has 0 aromatic carbocycles. The van der Waals surface area contributed by atoms with E-state index >= 15 is 0 Å². The fraction of sp³-hybridized carbons (Fsp3) is 0.929. The number of aliphatic hydroxyl groups is 1. The number of carbonyl (C=O) groups excluding carboxylic acids is 1. The van der Waals surface area contributed by atoms with E-state index in [1.165, 1.54) is 19.3 Å². The third-order valence-electron chi connectivity index (χ3n) is 4.25. The second-order valence-corrected chi connectivity index (χ2v) is 5.67. The molecule has 1 aliphatic carbocycles. The van der Waals surface area contributed by atoms with Crippen molar-refractivity contribution in [2.45, 2.75) is 52.0 Å². The molecular formula is C14H28N2O2. The summed E-state index contributed by atoms with van der Waals surface area (Å²) in [7, 11) is 1.82. The average Bonchev–Trinajstić information content (AvgIpc) is 2.44. The highest BCUT2D eigenvalue weighted by atomic mass is 16.3. The number of aliphatic hydroxyl groups excluding tert-OH is 1. The first kappa shape index (κ1) is 15.4. The van der Waals surface area contributed by atoms with E-state index in [2.05, 4.69) is 5.32 Å². The van der Waals surface area contributed by atoms with Crippen molar-refractivity contribution >= 4 is 5.91 Å². The molecule has 0 bridgehead atoms. The summed E-state index contributed by atoms with van der Waals surface area (Å²) in [4.78, 5) is 13.7. The van der Waals surface area contributed by atoms with Crippen molar-refractivity contribution in [2.24, 2.45) is 5.41 Å². The predicted molar refractivity (Wildman–Crippen MR) is 73.4 cm³/mol. The lowest BCUT2D eigenvalue weighted by Crippen LogP contribution is -2.48. The highest BCUT2D eigenvalue weighted by Gasteiger charge is 2.32. The highest BCUT2D eigenvalue weighted by molar-refractivity contribution is 5.81. The number of carbonyl (C=O) groups is 1. The Kier molecular flexibility index (Phi) is 6.09. The molecule has 0 radical (unpaired) electrons. The molecule has 4 heteroatoms. The number of amides is 1. The van der Waals surface area contributed by atoms with Gasteiger partial charge in [0.25, 0.3) is 0 Å². The summed E-state index contributed by atoms with van der Waals surface area (Å²) < 4.78 is 0. The van der Waals surface area contributed by atoms with E-state index < -0.39 is 0 Å². The van der Waals surface area contributed by atoms with Gasteiger partial charge in [-0.15, -0.1) is 0 Å². The average molecular weight is 256 g/mol. The number of nitrogens with zero attached hydrogens (tertiary/aromatic N) is 1.